The topological polar surface area (TPSA) is 37.8 Å². The summed E-state index contributed by atoms with van der Waals surface area (Å²) in [5, 5.41) is 13.9. The highest BCUT2D eigenvalue weighted by molar-refractivity contribution is 7.19. The largest absolute Gasteiger partial charge is 0.378 e. The first-order valence-corrected chi connectivity index (χ1v) is 10.1. The van der Waals surface area contributed by atoms with Gasteiger partial charge in [-0.3, -0.25) is 0 Å². The zero-order chi connectivity index (χ0) is 17.4. The van der Waals surface area contributed by atoms with E-state index in [0.717, 1.165) is 40.9 Å². The molecular weight excluding hydrogens is 360 g/mol. The number of halogens is 2. The average Bonchev–Trinajstić information content (AvgIpc) is 2.98. The Morgan fingerprint density at radius 1 is 1.40 bits per heavy atom. The molecule has 1 N–H and O–H groups in total. The summed E-state index contributed by atoms with van der Waals surface area (Å²) in [4.78, 5) is 2.50. The number of hydrogen-bond acceptors (Lipinski definition) is 5. The molecule has 0 aliphatic heterocycles. The van der Waals surface area contributed by atoms with Gasteiger partial charge in [-0.25, -0.2) is 8.78 Å². The van der Waals surface area contributed by atoms with Crippen LogP contribution in [0.3, 0.4) is 0 Å². The number of fused-ring (bicyclic) bond motifs is 1. The number of hydrogen-bond donors (Lipinski definition) is 1. The average molecular weight is 380 g/mol. The highest BCUT2D eigenvalue weighted by Crippen LogP contribution is 2.51. The van der Waals surface area contributed by atoms with Crippen molar-refractivity contribution in [1.82, 2.24) is 10.2 Å². The second kappa shape index (κ2) is 6.61. The monoisotopic (exact) mass is 379 g/mol. The van der Waals surface area contributed by atoms with E-state index in [1.807, 2.05) is 6.07 Å². The Morgan fingerprint density at radius 3 is 2.96 bits per heavy atom. The highest BCUT2D eigenvalue weighted by Gasteiger charge is 2.55. The van der Waals surface area contributed by atoms with E-state index in [1.54, 1.807) is 28.9 Å². The summed E-state index contributed by atoms with van der Waals surface area (Å²) in [6.45, 7) is 2.82. The van der Waals surface area contributed by atoms with Crippen molar-refractivity contribution in [2.75, 3.05) is 5.32 Å². The van der Waals surface area contributed by atoms with Gasteiger partial charge in [0.25, 0.3) is 5.92 Å². The van der Waals surface area contributed by atoms with Crippen LogP contribution in [-0.4, -0.2) is 16.1 Å². The van der Waals surface area contributed by atoms with Gasteiger partial charge in [0.2, 0.25) is 0 Å². The van der Waals surface area contributed by atoms with Gasteiger partial charge in [0, 0.05) is 28.6 Å². The van der Waals surface area contributed by atoms with E-state index in [9.17, 15) is 8.78 Å². The van der Waals surface area contributed by atoms with E-state index < -0.39 is 11.8 Å². The Kier molecular flexibility index (Phi) is 4.45. The van der Waals surface area contributed by atoms with Crippen LogP contribution in [0.5, 0.6) is 0 Å². The summed E-state index contributed by atoms with van der Waals surface area (Å²) in [5.41, 5.74) is 3.05. The number of nitrogens with zero attached hydrogens (tertiary/aromatic N) is 2. The summed E-state index contributed by atoms with van der Waals surface area (Å²) >= 11 is 3.43. The second-order valence-electron chi connectivity index (χ2n) is 6.57. The fourth-order valence-electron chi connectivity index (χ4n) is 3.11. The number of rotatable bonds is 7. The van der Waals surface area contributed by atoms with Crippen LogP contribution >= 0.6 is 22.7 Å². The van der Waals surface area contributed by atoms with Crippen LogP contribution in [0.1, 0.15) is 34.6 Å². The van der Waals surface area contributed by atoms with Gasteiger partial charge >= 0.3 is 0 Å². The smallest absolute Gasteiger partial charge is 0.251 e. The maximum Gasteiger partial charge on any atom is 0.251 e. The molecule has 132 valence electrons. The molecule has 1 saturated carbocycles. The fraction of sp³-hybridized carbons (Fsp3) is 0.444. The normalized spacial score (nSPS) is 18.6. The van der Waals surface area contributed by atoms with Crippen molar-refractivity contribution in [3.8, 4) is 0 Å². The Balaban J connectivity index is 1.47. The Bertz CT molecular complexity index is 874. The minimum atomic E-state index is -2.40. The minimum absolute atomic E-state index is 0.0701. The van der Waals surface area contributed by atoms with E-state index in [2.05, 4.69) is 33.9 Å². The number of alkyl halides is 2. The van der Waals surface area contributed by atoms with Crippen LogP contribution < -0.4 is 5.32 Å². The van der Waals surface area contributed by atoms with Gasteiger partial charge in [0.15, 0.2) is 0 Å². The third-order valence-corrected chi connectivity index (χ3v) is 7.00. The first kappa shape index (κ1) is 16.8. The minimum Gasteiger partial charge on any atom is -0.378 e. The molecule has 0 unspecified atom stereocenters. The van der Waals surface area contributed by atoms with E-state index in [4.69, 9.17) is 0 Å². The predicted molar refractivity (Wildman–Crippen MR) is 99.8 cm³/mol. The van der Waals surface area contributed by atoms with E-state index in [1.165, 1.54) is 9.75 Å². The summed E-state index contributed by atoms with van der Waals surface area (Å²) < 4.78 is 27.1. The molecule has 3 aromatic rings. The first-order chi connectivity index (χ1) is 12.0. The molecule has 0 saturated heterocycles. The van der Waals surface area contributed by atoms with Crippen molar-refractivity contribution in [2.45, 2.75) is 45.1 Å². The molecule has 1 fully saturated rings. The molecule has 3 aromatic heterocycles. The van der Waals surface area contributed by atoms with Crippen LogP contribution in [0.25, 0.3) is 10.2 Å². The Morgan fingerprint density at radius 2 is 2.24 bits per heavy atom. The predicted octanol–water partition coefficient (Wildman–Crippen LogP) is 5.65. The molecule has 4 rings (SSSR count). The Labute approximate surface area is 153 Å². The molecule has 1 aliphatic rings. The lowest BCUT2D eigenvalue weighted by Crippen LogP contribution is -1.98. The third kappa shape index (κ3) is 3.53. The summed E-state index contributed by atoms with van der Waals surface area (Å²) in [7, 11) is 0. The van der Waals surface area contributed by atoms with Gasteiger partial charge in [-0.15, -0.1) is 27.8 Å². The van der Waals surface area contributed by atoms with Gasteiger partial charge in [0.1, 0.15) is 5.52 Å². The van der Waals surface area contributed by atoms with Gasteiger partial charge in [-0.05, 0) is 43.2 Å². The standard InChI is InChI=1S/C18H19F2N3S2/c1-11-15(6-2-4-12-8-18(12,19)20)25-17-14(10-22-23-16(11)17)21-9-13-5-3-7-24-13/h3,5,7,10,12H,2,4,6,8-9H2,1H3,(H,21,23)/t12-/m0/s1. The second-order valence-corrected chi connectivity index (χ2v) is 8.71. The quantitative estimate of drug-likeness (QED) is 0.576. The van der Waals surface area contributed by atoms with Crippen molar-refractivity contribution in [1.29, 1.82) is 0 Å². The van der Waals surface area contributed by atoms with Crippen molar-refractivity contribution in [2.24, 2.45) is 5.92 Å². The highest BCUT2D eigenvalue weighted by atomic mass is 32.1. The Hall–Kier alpha value is -1.60. The number of thiophene rings is 2. The number of aromatic nitrogens is 2. The van der Waals surface area contributed by atoms with Crippen molar-refractivity contribution in [3.63, 3.8) is 0 Å². The molecule has 0 radical (unpaired) electrons. The molecule has 0 amide bonds. The maximum absolute atomic E-state index is 13.0. The third-order valence-electron chi connectivity index (χ3n) is 4.75. The summed E-state index contributed by atoms with van der Waals surface area (Å²) in [5.74, 6) is -2.80. The molecule has 0 aromatic carbocycles. The molecule has 1 aliphatic carbocycles. The summed E-state index contributed by atoms with van der Waals surface area (Å²) in [6.07, 6.45) is 4.08. The lowest BCUT2D eigenvalue weighted by Gasteiger charge is -2.04. The van der Waals surface area contributed by atoms with Gasteiger partial charge in [-0.1, -0.05) is 6.07 Å². The van der Waals surface area contributed by atoms with Crippen LogP contribution in [0.15, 0.2) is 23.7 Å². The molecule has 0 spiro atoms. The SMILES string of the molecule is Cc1c(CCC[C@H]2CC2(F)F)sc2c(NCc3cccs3)cnnc12. The molecule has 1 atom stereocenters. The van der Waals surface area contributed by atoms with Gasteiger partial charge in [-0.2, -0.15) is 5.10 Å². The molecule has 0 bridgehead atoms. The van der Waals surface area contributed by atoms with E-state index >= 15 is 0 Å². The molecule has 3 nitrogen and oxygen atoms in total. The van der Waals surface area contributed by atoms with Crippen molar-refractivity contribution in [3.05, 3.63) is 39.0 Å². The van der Waals surface area contributed by atoms with Crippen molar-refractivity contribution < 1.29 is 8.78 Å². The fourth-order valence-corrected chi connectivity index (χ4v) is 5.02. The van der Waals surface area contributed by atoms with Gasteiger partial charge in [0.05, 0.1) is 16.6 Å². The van der Waals surface area contributed by atoms with E-state index in [0.29, 0.717) is 6.42 Å². The lowest BCUT2D eigenvalue weighted by molar-refractivity contribution is 0.0966. The number of aryl methyl sites for hydroxylation is 2. The molecule has 3 heterocycles. The molecular formula is C18H19F2N3S2. The zero-order valence-corrected chi connectivity index (χ0v) is 15.5. The number of nitrogens with one attached hydrogen (secondary N) is 1. The molecule has 25 heavy (non-hydrogen) atoms. The van der Waals surface area contributed by atoms with Crippen LogP contribution in [-0.2, 0) is 13.0 Å². The van der Waals surface area contributed by atoms with Crippen LogP contribution in [0, 0.1) is 12.8 Å². The van der Waals surface area contributed by atoms with Crippen LogP contribution in [0.2, 0.25) is 0 Å². The number of anilines is 1. The molecule has 7 heteroatoms. The van der Waals surface area contributed by atoms with Gasteiger partial charge < -0.3 is 5.32 Å². The first-order valence-electron chi connectivity index (χ1n) is 8.42. The van der Waals surface area contributed by atoms with Crippen LogP contribution in [0.4, 0.5) is 14.5 Å². The van der Waals surface area contributed by atoms with Crippen molar-refractivity contribution >= 4 is 38.6 Å². The summed E-state index contributed by atoms with van der Waals surface area (Å²) in [6, 6.07) is 4.14. The zero-order valence-electron chi connectivity index (χ0n) is 13.9. The maximum atomic E-state index is 13.0. The lowest BCUT2D eigenvalue weighted by atomic mass is 10.1. The van der Waals surface area contributed by atoms with E-state index in [-0.39, 0.29) is 6.42 Å².